The zero-order chi connectivity index (χ0) is 20.1. The lowest BCUT2D eigenvalue weighted by Gasteiger charge is -2.29. The lowest BCUT2D eigenvalue weighted by Crippen LogP contribution is -2.42. The predicted molar refractivity (Wildman–Crippen MR) is 102 cm³/mol. The van der Waals surface area contributed by atoms with Crippen LogP contribution in [0.2, 0.25) is 0 Å². The molecule has 0 unspecified atom stereocenters. The molecule has 2 aromatic rings. The number of nitro groups is 1. The zero-order valence-electron chi connectivity index (χ0n) is 15.6. The van der Waals surface area contributed by atoms with Gasteiger partial charge in [-0.05, 0) is 31.3 Å². The number of benzene rings is 2. The maximum Gasteiger partial charge on any atom is 0.296 e. The lowest BCUT2D eigenvalue weighted by atomic mass is 10.2. The van der Waals surface area contributed by atoms with Gasteiger partial charge in [0.15, 0.2) is 11.5 Å². The van der Waals surface area contributed by atoms with E-state index < -0.39 is 4.92 Å². The van der Waals surface area contributed by atoms with Crippen LogP contribution in [0.15, 0.2) is 42.5 Å². The molecule has 9 nitrogen and oxygen atoms in total. The van der Waals surface area contributed by atoms with Gasteiger partial charge in [0.1, 0.15) is 24.1 Å². The van der Waals surface area contributed by atoms with E-state index in [-0.39, 0.29) is 29.9 Å². The number of rotatable bonds is 7. The number of hydrogen-bond acceptors (Lipinski definition) is 7. The number of carbonyl (C=O) groups is 1. The number of hydrogen-bond donors (Lipinski definition) is 1. The monoisotopic (exact) mass is 387 g/mol. The van der Waals surface area contributed by atoms with Crippen LogP contribution in [0.25, 0.3) is 0 Å². The topological polar surface area (TPSA) is 103 Å². The fraction of sp³-hybridized carbons (Fsp3) is 0.316. The summed E-state index contributed by atoms with van der Waals surface area (Å²) in [5.41, 5.74) is -0.105. The Morgan fingerprint density at radius 2 is 2.07 bits per heavy atom. The van der Waals surface area contributed by atoms with Gasteiger partial charge in [0.2, 0.25) is 5.91 Å². The third kappa shape index (κ3) is 4.68. The van der Waals surface area contributed by atoms with Crippen LogP contribution in [-0.4, -0.2) is 55.7 Å². The maximum absolute atomic E-state index is 12.3. The number of nitrogens with one attached hydrogen (secondary N) is 1. The van der Waals surface area contributed by atoms with Crippen LogP contribution in [0.5, 0.6) is 17.2 Å². The summed E-state index contributed by atoms with van der Waals surface area (Å²) in [6, 6.07) is 11.7. The molecule has 2 aromatic carbocycles. The minimum absolute atomic E-state index is 0.0463. The van der Waals surface area contributed by atoms with Crippen molar-refractivity contribution in [2.24, 2.45) is 0 Å². The summed E-state index contributed by atoms with van der Waals surface area (Å²) in [5.74, 6) is 1.35. The second kappa shape index (κ2) is 8.57. The molecule has 0 fully saturated rings. The summed E-state index contributed by atoms with van der Waals surface area (Å²) in [6.45, 7) is 0.893. The smallest absolute Gasteiger partial charge is 0.296 e. The van der Waals surface area contributed by atoms with Crippen molar-refractivity contribution in [3.63, 3.8) is 0 Å². The minimum Gasteiger partial charge on any atom is -0.496 e. The van der Waals surface area contributed by atoms with Crippen molar-refractivity contribution < 1.29 is 23.9 Å². The molecule has 148 valence electrons. The number of methoxy groups -OCH3 is 1. The highest BCUT2D eigenvalue weighted by molar-refractivity contribution is 5.94. The van der Waals surface area contributed by atoms with E-state index in [4.69, 9.17) is 14.2 Å². The molecule has 1 N–H and O–H groups in total. The summed E-state index contributed by atoms with van der Waals surface area (Å²) in [4.78, 5) is 24.7. The normalized spacial score (nSPS) is 15.2. The van der Waals surface area contributed by atoms with Crippen LogP contribution >= 0.6 is 0 Å². The van der Waals surface area contributed by atoms with Gasteiger partial charge in [0.05, 0.1) is 24.6 Å². The van der Waals surface area contributed by atoms with Gasteiger partial charge in [-0.3, -0.25) is 19.8 Å². The molecule has 9 heteroatoms. The minimum atomic E-state index is -0.563. The van der Waals surface area contributed by atoms with Gasteiger partial charge >= 0.3 is 0 Å². The fourth-order valence-corrected chi connectivity index (χ4v) is 2.90. The first kappa shape index (κ1) is 19.4. The highest BCUT2D eigenvalue weighted by Gasteiger charge is 2.23. The van der Waals surface area contributed by atoms with E-state index >= 15 is 0 Å². The number of anilines is 1. The second-order valence-electron chi connectivity index (χ2n) is 6.38. The van der Waals surface area contributed by atoms with E-state index in [1.165, 1.54) is 19.2 Å². The van der Waals surface area contributed by atoms with Gasteiger partial charge in [0.25, 0.3) is 5.69 Å². The molecule has 3 rings (SSSR count). The van der Waals surface area contributed by atoms with Gasteiger partial charge in [-0.1, -0.05) is 12.1 Å². The Morgan fingerprint density at radius 3 is 2.79 bits per heavy atom. The van der Waals surface area contributed by atoms with Crippen LogP contribution in [0.1, 0.15) is 0 Å². The van der Waals surface area contributed by atoms with Gasteiger partial charge < -0.3 is 19.5 Å². The summed E-state index contributed by atoms with van der Waals surface area (Å²) < 4.78 is 16.5. The van der Waals surface area contributed by atoms with Crippen molar-refractivity contribution in [1.82, 2.24) is 4.90 Å². The van der Waals surface area contributed by atoms with Gasteiger partial charge in [-0.25, -0.2) is 0 Å². The van der Waals surface area contributed by atoms with Crippen LogP contribution in [-0.2, 0) is 4.79 Å². The molecule has 0 spiro atoms. The number of likely N-dealkylation sites (N-methyl/N-ethyl adjacent to an activating group) is 1. The number of ether oxygens (including phenoxy) is 3. The van der Waals surface area contributed by atoms with Crippen LogP contribution in [0, 0.1) is 10.1 Å². The Kier molecular flexibility index (Phi) is 5.95. The van der Waals surface area contributed by atoms with Crippen molar-refractivity contribution in [3.8, 4) is 17.2 Å². The van der Waals surface area contributed by atoms with Crippen molar-refractivity contribution >= 4 is 17.3 Å². The highest BCUT2D eigenvalue weighted by Crippen LogP contribution is 2.31. The Hall–Kier alpha value is -3.33. The summed E-state index contributed by atoms with van der Waals surface area (Å²) in [6.07, 6.45) is -0.219. The molecule has 1 atom stereocenters. The largest absolute Gasteiger partial charge is 0.496 e. The summed E-state index contributed by atoms with van der Waals surface area (Å²) in [7, 11) is 3.19. The number of para-hydroxylation sites is 2. The van der Waals surface area contributed by atoms with Crippen LogP contribution in [0.4, 0.5) is 11.4 Å². The lowest BCUT2D eigenvalue weighted by molar-refractivity contribution is -0.384. The van der Waals surface area contributed by atoms with Crippen LogP contribution < -0.4 is 19.5 Å². The molecule has 0 saturated carbocycles. The number of amides is 1. The zero-order valence-corrected chi connectivity index (χ0v) is 15.6. The van der Waals surface area contributed by atoms with Crippen molar-refractivity contribution in [1.29, 1.82) is 0 Å². The third-order valence-electron chi connectivity index (χ3n) is 4.17. The van der Waals surface area contributed by atoms with Gasteiger partial charge in [-0.2, -0.15) is 0 Å². The molecule has 1 aliphatic rings. The first-order chi connectivity index (χ1) is 13.5. The molecule has 1 heterocycles. The average Bonchev–Trinajstić information content (AvgIpc) is 2.67. The standard InChI is InChI=1S/C19H21N3O6/c1-21(10-14-12-27-17-5-3-4-6-18(17)28-14)11-19(23)20-15-8-7-13(26-2)9-16(15)22(24)25/h3-9,14H,10-12H2,1-2H3,(H,20,23)/t14-/m1/s1. The molecule has 1 amide bonds. The van der Waals surface area contributed by atoms with Crippen molar-refractivity contribution in [3.05, 3.63) is 52.6 Å². The number of nitro benzene ring substituents is 1. The van der Waals surface area contributed by atoms with Crippen molar-refractivity contribution in [2.75, 3.05) is 39.2 Å². The number of nitrogens with zero attached hydrogens (tertiary/aromatic N) is 2. The van der Waals surface area contributed by atoms with E-state index in [1.54, 1.807) is 18.0 Å². The van der Waals surface area contributed by atoms with E-state index in [2.05, 4.69) is 5.32 Å². The number of carbonyl (C=O) groups excluding carboxylic acids is 1. The molecular formula is C19H21N3O6. The molecule has 0 radical (unpaired) electrons. The number of fused-ring (bicyclic) bond motifs is 1. The first-order valence-electron chi connectivity index (χ1n) is 8.65. The predicted octanol–water partition coefficient (Wildman–Crippen LogP) is 2.31. The first-order valence-corrected chi connectivity index (χ1v) is 8.65. The van der Waals surface area contributed by atoms with Gasteiger partial charge in [-0.15, -0.1) is 0 Å². The van der Waals surface area contributed by atoms with E-state index in [0.717, 1.165) is 0 Å². The SMILES string of the molecule is COc1ccc(NC(=O)CN(C)C[C@@H]2COc3ccccc3O2)c([N+](=O)[O-])c1. The molecule has 0 bridgehead atoms. The Balaban J connectivity index is 1.56. The average molecular weight is 387 g/mol. The highest BCUT2D eigenvalue weighted by atomic mass is 16.6. The van der Waals surface area contributed by atoms with Crippen LogP contribution in [0.3, 0.4) is 0 Å². The summed E-state index contributed by atoms with van der Waals surface area (Å²) in [5, 5.41) is 13.8. The van der Waals surface area contributed by atoms with E-state index in [1.807, 2.05) is 24.3 Å². The molecule has 0 saturated heterocycles. The maximum atomic E-state index is 12.3. The van der Waals surface area contributed by atoms with Crippen molar-refractivity contribution in [2.45, 2.75) is 6.10 Å². The van der Waals surface area contributed by atoms with E-state index in [0.29, 0.717) is 30.4 Å². The second-order valence-corrected chi connectivity index (χ2v) is 6.38. The molecule has 0 aromatic heterocycles. The van der Waals surface area contributed by atoms with E-state index in [9.17, 15) is 14.9 Å². The Morgan fingerprint density at radius 1 is 1.32 bits per heavy atom. The fourth-order valence-electron chi connectivity index (χ4n) is 2.90. The third-order valence-corrected chi connectivity index (χ3v) is 4.17. The Bertz CT molecular complexity index is 872. The molecule has 0 aliphatic carbocycles. The molecule has 1 aliphatic heterocycles. The van der Waals surface area contributed by atoms with Gasteiger partial charge in [0, 0.05) is 6.54 Å². The Labute approximate surface area is 162 Å². The molecular weight excluding hydrogens is 366 g/mol. The molecule has 28 heavy (non-hydrogen) atoms. The summed E-state index contributed by atoms with van der Waals surface area (Å²) >= 11 is 0. The quantitative estimate of drug-likeness (QED) is 0.574.